The fourth-order valence-corrected chi connectivity index (χ4v) is 3.36. The molecule has 3 heteroatoms. The molecule has 0 spiro atoms. The van der Waals surface area contributed by atoms with Crippen molar-refractivity contribution in [2.45, 2.75) is 51.1 Å². The number of rotatable bonds is 5. The van der Waals surface area contributed by atoms with Crippen LogP contribution in [0.5, 0.6) is 0 Å². The number of likely N-dealkylation sites (N-methyl/N-ethyl adjacent to an activating group) is 2. The Kier molecular flexibility index (Phi) is 5.86. The molecule has 1 aliphatic carbocycles. The number of nitrogens with one attached hydrogen (secondary N) is 1. The highest BCUT2D eigenvalue weighted by molar-refractivity contribution is 5.17. The first-order valence-electron chi connectivity index (χ1n) is 8.03. The Morgan fingerprint density at radius 2 is 2.16 bits per heavy atom. The molecule has 1 heterocycles. The van der Waals surface area contributed by atoms with Gasteiger partial charge in [0.05, 0.1) is 0 Å². The SMILES string of the molecule is CCCNC(C1=CCCCC1)C1CN(C)CCN1C. The molecule has 1 N–H and O–H groups in total. The standard InChI is InChI=1S/C16H31N3/c1-4-10-17-16(14-8-6-5-7-9-14)15-13-18(2)11-12-19(15)3/h8,15-17H,4-7,9-13H2,1-3H3. The zero-order valence-electron chi connectivity index (χ0n) is 13.0. The van der Waals surface area contributed by atoms with Crippen LogP contribution in [0.25, 0.3) is 0 Å². The van der Waals surface area contributed by atoms with Gasteiger partial charge in [-0.2, -0.15) is 0 Å². The van der Waals surface area contributed by atoms with Crippen LogP contribution in [-0.4, -0.2) is 62.2 Å². The first-order chi connectivity index (χ1) is 9.22. The van der Waals surface area contributed by atoms with Crippen molar-refractivity contribution in [2.75, 3.05) is 40.3 Å². The second kappa shape index (κ2) is 7.41. The summed E-state index contributed by atoms with van der Waals surface area (Å²) < 4.78 is 0. The Morgan fingerprint density at radius 3 is 2.84 bits per heavy atom. The minimum atomic E-state index is 0.563. The lowest BCUT2D eigenvalue weighted by Crippen LogP contribution is -2.59. The summed E-state index contributed by atoms with van der Waals surface area (Å²) >= 11 is 0. The maximum absolute atomic E-state index is 3.82. The summed E-state index contributed by atoms with van der Waals surface area (Å²) in [6.07, 6.45) is 9.07. The van der Waals surface area contributed by atoms with Crippen LogP contribution in [0.2, 0.25) is 0 Å². The summed E-state index contributed by atoms with van der Waals surface area (Å²) in [5.41, 5.74) is 1.67. The predicted octanol–water partition coefficient (Wildman–Crippen LogP) is 2.10. The van der Waals surface area contributed by atoms with E-state index in [1.807, 2.05) is 0 Å². The number of allylic oxidation sites excluding steroid dienone is 1. The second-order valence-electron chi connectivity index (χ2n) is 6.27. The quantitative estimate of drug-likeness (QED) is 0.768. The lowest BCUT2D eigenvalue weighted by Gasteiger charge is -2.43. The maximum Gasteiger partial charge on any atom is 0.0449 e. The summed E-state index contributed by atoms with van der Waals surface area (Å²) in [5, 5.41) is 3.82. The van der Waals surface area contributed by atoms with Crippen molar-refractivity contribution in [2.24, 2.45) is 0 Å². The van der Waals surface area contributed by atoms with Gasteiger partial charge in [-0.05, 0) is 52.7 Å². The average molecular weight is 265 g/mol. The summed E-state index contributed by atoms with van der Waals surface area (Å²) in [6.45, 7) is 6.98. The molecule has 2 rings (SSSR count). The molecule has 0 aromatic carbocycles. The maximum atomic E-state index is 3.82. The Bertz CT molecular complexity index is 300. The number of nitrogens with zero attached hydrogens (tertiary/aromatic N) is 2. The lowest BCUT2D eigenvalue weighted by molar-refractivity contribution is 0.0948. The zero-order valence-corrected chi connectivity index (χ0v) is 13.0. The molecule has 110 valence electrons. The third-order valence-electron chi connectivity index (χ3n) is 4.62. The van der Waals surface area contributed by atoms with Crippen LogP contribution in [0.3, 0.4) is 0 Å². The van der Waals surface area contributed by atoms with Crippen molar-refractivity contribution in [3.8, 4) is 0 Å². The Morgan fingerprint density at radius 1 is 1.32 bits per heavy atom. The molecule has 3 nitrogen and oxygen atoms in total. The first kappa shape index (κ1) is 15.0. The molecule has 0 radical (unpaired) electrons. The highest BCUT2D eigenvalue weighted by Crippen LogP contribution is 2.25. The molecule has 1 saturated heterocycles. The highest BCUT2D eigenvalue weighted by atomic mass is 15.3. The number of piperazine rings is 1. The molecule has 1 fully saturated rings. The van der Waals surface area contributed by atoms with E-state index in [9.17, 15) is 0 Å². The summed E-state index contributed by atoms with van der Waals surface area (Å²) in [6, 6.07) is 1.20. The van der Waals surface area contributed by atoms with E-state index in [1.54, 1.807) is 5.57 Å². The van der Waals surface area contributed by atoms with Crippen molar-refractivity contribution < 1.29 is 0 Å². The zero-order chi connectivity index (χ0) is 13.7. The van der Waals surface area contributed by atoms with Crippen molar-refractivity contribution in [3.63, 3.8) is 0 Å². The van der Waals surface area contributed by atoms with Crippen LogP contribution < -0.4 is 5.32 Å². The highest BCUT2D eigenvalue weighted by Gasteiger charge is 2.31. The van der Waals surface area contributed by atoms with E-state index in [2.05, 4.69) is 42.2 Å². The molecule has 2 unspecified atom stereocenters. The van der Waals surface area contributed by atoms with Gasteiger partial charge in [0.15, 0.2) is 0 Å². The lowest BCUT2D eigenvalue weighted by atomic mass is 9.88. The number of hydrogen-bond acceptors (Lipinski definition) is 3. The summed E-state index contributed by atoms with van der Waals surface area (Å²) in [7, 11) is 4.55. The van der Waals surface area contributed by atoms with E-state index in [4.69, 9.17) is 0 Å². The van der Waals surface area contributed by atoms with Crippen molar-refractivity contribution in [3.05, 3.63) is 11.6 Å². The molecule has 2 aliphatic rings. The van der Waals surface area contributed by atoms with Crippen LogP contribution in [-0.2, 0) is 0 Å². The topological polar surface area (TPSA) is 18.5 Å². The van der Waals surface area contributed by atoms with Gasteiger partial charge < -0.3 is 10.2 Å². The monoisotopic (exact) mass is 265 g/mol. The van der Waals surface area contributed by atoms with E-state index < -0.39 is 0 Å². The third kappa shape index (κ3) is 4.04. The van der Waals surface area contributed by atoms with E-state index in [1.165, 1.54) is 51.7 Å². The normalized spacial score (nSPS) is 28.2. The predicted molar refractivity (Wildman–Crippen MR) is 82.5 cm³/mol. The van der Waals surface area contributed by atoms with Gasteiger partial charge in [0.2, 0.25) is 0 Å². The molecule has 1 aliphatic heterocycles. The number of hydrogen-bond donors (Lipinski definition) is 1. The summed E-state index contributed by atoms with van der Waals surface area (Å²) in [4.78, 5) is 5.04. The molecule has 19 heavy (non-hydrogen) atoms. The minimum Gasteiger partial charge on any atom is -0.309 e. The van der Waals surface area contributed by atoms with Crippen molar-refractivity contribution in [1.29, 1.82) is 0 Å². The van der Waals surface area contributed by atoms with Gasteiger partial charge in [-0.15, -0.1) is 0 Å². The smallest absolute Gasteiger partial charge is 0.0449 e. The molecule has 0 aromatic rings. The van der Waals surface area contributed by atoms with Crippen LogP contribution in [0.4, 0.5) is 0 Å². The molecule has 2 atom stereocenters. The Balaban J connectivity index is 2.08. The summed E-state index contributed by atoms with van der Waals surface area (Å²) in [5.74, 6) is 0. The first-order valence-corrected chi connectivity index (χ1v) is 8.03. The average Bonchev–Trinajstić information content (AvgIpc) is 2.44. The van der Waals surface area contributed by atoms with Crippen molar-refractivity contribution >= 4 is 0 Å². The molecule has 0 aromatic heterocycles. The Hall–Kier alpha value is -0.380. The third-order valence-corrected chi connectivity index (χ3v) is 4.62. The van der Waals surface area contributed by atoms with E-state index in [-0.39, 0.29) is 0 Å². The van der Waals surface area contributed by atoms with Gasteiger partial charge in [0.25, 0.3) is 0 Å². The Labute approximate surface area is 119 Å². The molecule has 0 saturated carbocycles. The largest absolute Gasteiger partial charge is 0.309 e. The van der Waals surface area contributed by atoms with Gasteiger partial charge in [-0.1, -0.05) is 18.6 Å². The van der Waals surface area contributed by atoms with Gasteiger partial charge >= 0.3 is 0 Å². The molecule has 0 bridgehead atoms. The molecular weight excluding hydrogens is 234 g/mol. The van der Waals surface area contributed by atoms with Crippen LogP contribution in [0.15, 0.2) is 11.6 Å². The molecule has 0 amide bonds. The van der Waals surface area contributed by atoms with Gasteiger partial charge in [-0.3, -0.25) is 4.90 Å². The van der Waals surface area contributed by atoms with E-state index in [0.29, 0.717) is 12.1 Å². The van der Waals surface area contributed by atoms with Gasteiger partial charge in [0, 0.05) is 31.7 Å². The van der Waals surface area contributed by atoms with E-state index >= 15 is 0 Å². The van der Waals surface area contributed by atoms with Gasteiger partial charge in [0.1, 0.15) is 0 Å². The van der Waals surface area contributed by atoms with Crippen LogP contribution in [0.1, 0.15) is 39.0 Å². The van der Waals surface area contributed by atoms with E-state index in [0.717, 1.165) is 6.54 Å². The van der Waals surface area contributed by atoms with Crippen LogP contribution in [0, 0.1) is 0 Å². The second-order valence-corrected chi connectivity index (χ2v) is 6.27. The van der Waals surface area contributed by atoms with Crippen molar-refractivity contribution in [1.82, 2.24) is 15.1 Å². The fourth-order valence-electron chi connectivity index (χ4n) is 3.36. The van der Waals surface area contributed by atoms with Gasteiger partial charge in [-0.25, -0.2) is 0 Å². The van der Waals surface area contributed by atoms with Crippen LogP contribution >= 0.6 is 0 Å². The molecular formula is C16H31N3. The minimum absolute atomic E-state index is 0.563. The fraction of sp³-hybridized carbons (Fsp3) is 0.875.